The summed E-state index contributed by atoms with van der Waals surface area (Å²) in [6.07, 6.45) is 2.68. The molecule has 0 aromatic carbocycles. The molecule has 0 aliphatic rings. The number of hydrogen-bond donors (Lipinski definition) is 1. The second kappa shape index (κ2) is 5.14. The molecule has 0 amide bonds. The van der Waals surface area contributed by atoms with Crippen LogP contribution in [0.15, 0.2) is 12.3 Å². The van der Waals surface area contributed by atoms with Gasteiger partial charge < -0.3 is 5.73 Å². The van der Waals surface area contributed by atoms with Gasteiger partial charge in [-0.2, -0.15) is 5.10 Å². The van der Waals surface area contributed by atoms with Crippen LogP contribution in [0.25, 0.3) is 0 Å². The quantitative estimate of drug-likeness (QED) is 0.730. The summed E-state index contributed by atoms with van der Waals surface area (Å²) in [4.78, 5) is 0. The number of hydrogen-bond acceptors (Lipinski definition) is 3. The SMILES string of the molecule is Cn1ccc(CS(=O)CCCN)n1. The van der Waals surface area contributed by atoms with Crippen molar-refractivity contribution in [3.63, 3.8) is 0 Å². The van der Waals surface area contributed by atoms with Crippen molar-refractivity contribution < 1.29 is 4.21 Å². The van der Waals surface area contributed by atoms with Gasteiger partial charge in [-0.15, -0.1) is 0 Å². The second-order valence-corrected chi connectivity index (χ2v) is 4.49. The Hall–Kier alpha value is -0.680. The van der Waals surface area contributed by atoms with Gasteiger partial charge in [0.25, 0.3) is 0 Å². The van der Waals surface area contributed by atoms with E-state index < -0.39 is 10.8 Å². The minimum atomic E-state index is -0.813. The van der Waals surface area contributed by atoms with Gasteiger partial charge in [-0.25, -0.2) is 0 Å². The number of nitrogens with zero attached hydrogens (tertiary/aromatic N) is 2. The molecule has 1 heterocycles. The maximum atomic E-state index is 11.4. The third-order valence-corrected chi connectivity index (χ3v) is 3.02. The van der Waals surface area contributed by atoms with Crippen molar-refractivity contribution in [3.05, 3.63) is 18.0 Å². The molecule has 0 aliphatic heterocycles. The van der Waals surface area contributed by atoms with Crippen molar-refractivity contribution in [2.45, 2.75) is 12.2 Å². The van der Waals surface area contributed by atoms with Crippen molar-refractivity contribution in [3.8, 4) is 0 Å². The van der Waals surface area contributed by atoms with E-state index in [0.29, 0.717) is 18.1 Å². The summed E-state index contributed by atoms with van der Waals surface area (Å²) in [7, 11) is 1.04. The molecule has 1 atom stereocenters. The number of rotatable bonds is 5. The fraction of sp³-hybridized carbons (Fsp3) is 0.625. The molecule has 0 bridgehead atoms. The van der Waals surface area contributed by atoms with Crippen LogP contribution in [0, 0.1) is 0 Å². The first-order valence-electron chi connectivity index (χ1n) is 4.26. The third-order valence-electron chi connectivity index (χ3n) is 1.65. The highest BCUT2D eigenvalue weighted by Crippen LogP contribution is 2.00. The Bertz CT molecular complexity index is 285. The highest BCUT2D eigenvalue weighted by atomic mass is 32.2. The van der Waals surface area contributed by atoms with Crippen LogP contribution in [0.1, 0.15) is 12.1 Å². The maximum absolute atomic E-state index is 11.4. The Kier molecular flexibility index (Phi) is 4.11. The minimum Gasteiger partial charge on any atom is -0.330 e. The number of nitrogens with two attached hydrogens (primary N) is 1. The van der Waals surface area contributed by atoms with Crippen LogP contribution >= 0.6 is 0 Å². The van der Waals surface area contributed by atoms with Gasteiger partial charge in [0, 0.05) is 29.8 Å². The van der Waals surface area contributed by atoms with Gasteiger partial charge >= 0.3 is 0 Å². The zero-order chi connectivity index (χ0) is 9.68. The molecule has 74 valence electrons. The van der Waals surface area contributed by atoms with E-state index in [1.54, 1.807) is 4.68 Å². The van der Waals surface area contributed by atoms with Crippen molar-refractivity contribution >= 4 is 10.8 Å². The van der Waals surface area contributed by atoms with E-state index in [2.05, 4.69) is 5.10 Å². The highest BCUT2D eigenvalue weighted by molar-refractivity contribution is 7.84. The minimum absolute atomic E-state index is 0.543. The molecule has 0 saturated heterocycles. The maximum Gasteiger partial charge on any atom is 0.0749 e. The van der Waals surface area contributed by atoms with E-state index in [0.717, 1.165) is 12.1 Å². The van der Waals surface area contributed by atoms with Gasteiger partial charge in [0.1, 0.15) is 0 Å². The molecule has 1 aromatic rings. The van der Waals surface area contributed by atoms with Crippen LogP contribution in [0.4, 0.5) is 0 Å². The van der Waals surface area contributed by atoms with Crippen LogP contribution in [0.3, 0.4) is 0 Å². The lowest BCUT2D eigenvalue weighted by atomic mass is 10.5. The summed E-state index contributed by atoms with van der Waals surface area (Å²) in [5.74, 6) is 1.22. The highest BCUT2D eigenvalue weighted by Gasteiger charge is 2.03. The first kappa shape index (κ1) is 10.4. The summed E-state index contributed by atoms with van der Waals surface area (Å²) >= 11 is 0. The molecule has 0 aliphatic carbocycles. The normalized spacial score (nSPS) is 13.1. The fourth-order valence-corrected chi connectivity index (χ4v) is 2.14. The lowest BCUT2D eigenvalue weighted by molar-refractivity contribution is 0.678. The Morgan fingerprint density at radius 2 is 2.46 bits per heavy atom. The van der Waals surface area contributed by atoms with Crippen molar-refractivity contribution in [1.29, 1.82) is 0 Å². The van der Waals surface area contributed by atoms with Gasteiger partial charge in [0.15, 0.2) is 0 Å². The molecular weight excluding hydrogens is 186 g/mol. The van der Waals surface area contributed by atoms with Crippen LogP contribution in [0.5, 0.6) is 0 Å². The predicted molar refractivity (Wildman–Crippen MR) is 53.6 cm³/mol. The molecule has 1 aromatic heterocycles. The van der Waals surface area contributed by atoms with Crippen molar-refractivity contribution in [2.24, 2.45) is 12.8 Å². The van der Waals surface area contributed by atoms with E-state index >= 15 is 0 Å². The first-order valence-corrected chi connectivity index (χ1v) is 5.74. The zero-order valence-corrected chi connectivity index (χ0v) is 8.59. The monoisotopic (exact) mass is 201 g/mol. The van der Waals surface area contributed by atoms with Gasteiger partial charge in [0.05, 0.1) is 11.4 Å². The molecule has 0 radical (unpaired) electrons. The predicted octanol–water partition coefficient (Wildman–Crippen LogP) is 0.0176. The largest absolute Gasteiger partial charge is 0.330 e. The van der Waals surface area contributed by atoms with Crippen LogP contribution < -0.4 is 5.73 Å². The summed E-state index contributed by atoms with van der Waals surface area (Å²) in [6, 6.07) is 1.89. The molecular formula is C8H15N3OS. The first-order chi connectivity index (χ1) is 6.22. The molecule has 13 heavy (non-hydrogen) atoms. The molecule has 1 rings (SSSR count). The molecule has 0 fully saturated rings. The Morgan fingerprint density at radius 3 is 3.00 bits per heavy atom. The molecule has 0 spiro atoms. The van der Waals surface area contributed by atoms with Crippen molar-refractivity contribution in [1.82, 2.24) is 9.78 Å². The molecule has 5 heteroatoms. The summed E-state index contributed by atoms with van der Waals surface area (Å²) in [6.45, 7) is 0.605. The zero-order valence-electron chi connectivity index (χ0n) is 7.77. The Labute approximate surface area is 80.6 Å². The van der Waals surface area contributed by atoms with Crippen LogP contribution in [0.2, 0.25) is 0 Å². The smallest absolute Gasteiger partial charge is 0.0749 e. The van der Waals surface area contributed by atoms with E-state index in [1.807, 2.05) is 19.3 Å². The lowest BCUT2D eigenvalue weighted by Crippen LogP contribution is -2.07. The molecule has 2 N–H and O–H groups in total. The van der Waals surface area contributed by atoms with Crippen LogP contribution in [-0.2, 0) is 23.6 Å². The van der Waals surface area contributed by atoms with E-state index in [9.17, 15) is 4.21 Å². The van der Waals surface area contributed by atoms with Gasteiger partial charge in [-0.3, -0.25) is 8.89 Å². The van der Waals surface area contributed by atoms with E-state index in [4.69, 9.17) is 5.73 Å². The average Bonchev–Trinajstić information content (AvgIpc) is 2.48. The van der Waals surface area contributed by atoms with E-state index in [1.165, 1.54) is 0 Å². The van der Waals surface area contributed by atoms with Gasteiger partial charge in [-0.05, 0) is 19.0 Å². The third kappa shape index (κ3) is 3.69. The Balaban J connectivity index is 2.36. The van der Waals surface area contributed by atoms with Crippen molar-refractivity contribution in [2.75, 3.05) is 12.3 Å². The lowest BCUT2D eigenvalue weighted by Gasteiger charge is -1.97. The van der Waals surface area contributed by atoms with Gasteiger partial charge in [0.2, 0.25) is 0 Å². The summed E-state index contributed by atoms with van der Waals surface area (Å²) < 4.78 is 13.1. The average molecular weight is 201 g/mol. The fourth-order valence-electron chi connectivity index (χ4n) is 1.02. The van der Waals surface area contributed by atoms with Gasteiger partial charge in [-0.1, -0.05) is 0 Å². The summed E-state index contributed by atoms with van der Waals surface area (Å²) in [5, 5.41) is 4.15. The number of aromatic nitrogens is 2. The van der Waals surface area contributed by atoms with Crippen LogP contribution in [-0.4, -0.2) is 26.3 Å². The summed E-state index contributed by atoms with van der Waals surface area (Å²) in [5.41, 5.74) is 6.21. The molecule has 4 nitrogen and oxygen atoms in total. The van der Waals surface area contributed by atoms with E-state index in [-0.39, 0.29) is 0 Å². The standard InChI is InChI=1S/C8H15N3OS/c1-11-5-3-8(10-11)7-13(12)6-2-4-9/h3,5H,2,4,6-7,9H2,1H3. The molecule has 1 unspecified atom stereocenters. The topological polar surface area (TPSA) is 60.9 Å². The Morgan fingerprint density at radius 1 is 1.69 bits per heavy atom. The number of aryl methyl sites for hydroxylation is 1. The molecule has 0 saturated carbocycles. The second-order valence-electron chi connectivity index (χ2n) is 2.91.